The molecule has 5 nitrogen and oxygen atoms in total. The van der Waals surface area contributed by atoms with E-state index in [1.165, 1.54) is 17.3 Å². The van der Waals surface area contributed by atoms with Gasteiger partial charge in [0.25, 0.3) is 0 Å². The molecule has 0 atom stereocenters. The Morgan fingerprint density at radius 2 is 2.14 bits per heavy atom. The molecule has 21 heavy (non-hydrogen) atoms. The van der Waals surface area contributed by atoms with Crippen molar-refractivity contribution in [3.8, 4) is 0 Å². The first-order valence-electron chi connectivity index (χ1n) is 7.00. The number of pyridine rings is 2. The van der Waals surface area contributed by atoms with Gasteiger partial charge in [-0.3, -0.25) is 4.40 Å². The molecule has 3 heterocycles. The molecule has 0 radical (unpaired) electrons. The zero-order chi connectivity index (χ0) is 14.5. The summed E-state index contributed by atoms with van der Waals surface area (Å²) in [6.07, 6.45) is 5.01. The van der Waals surface area contributed by atoms with Gasteiger partial charge >= 0.3 is 0 Å². The maximum atomic E-state index is 4.48. The van der Waals surface area contributed by atoms with Crippen LogP contribution >= 0.6 is 11.8 Å². The maximum Gasteiger partial charge on any atom is 0.201 e. The molecule has 1 N–H and O–H groups in total. The number of rotatable bonds is 6. The summed E-state index contributed by atoms with van der Waals surface area (Å²) in [6, 6.07) is 9.98. The Balaban J connectivity index is 1.70. The van der Waals surface area contributed by atoms with Crippen LogP contribution in [0.25, 0.3) is 5.65 Å². The van der Waals surface area contributed by atoms with Crippen LogP contribution in [0.4, 0.5) is 0 Å². The van der Waals surface area contributed by atoms with E-state index in [0.29, 0.717) is 0 Å². The topological polar surface area (TPSA) is 55.1 Å². The standard InChI is InChI=1S/C15H17N5S/c1-2-8-16-10-12-6-7-14(17-11-12)21-15-19-18-13-5-3-4-9-20(13)15/h3-7,9,11,16H,2,8,10H2,1H3. The van der Waals surface area contributed by atoms with Crippen LogP contribution in [-0.4, -0.2) is 26.1 Å². The van der Waals surface area contributed by atoms with Gasteiger partial charge < -0.3 is 5.32 Å². The predicted octanol–water partition coefficient (Wildman–Crippen LogP) is 2.78. The molecule has 6 heteroatoms. The molecule has 108 valence electrons. The monoisotopic (exact) mass is 299 g/mol. The summed E-state index contributed by atoms with van der Waals surface area (Å²) < 4.78 is 1.96. The molecule has 0 saturated heterocycles. The predicted molar refractivity (Wildman–Crippen MR) is 83.3 cm³/mol. The van der Waals surface area contributed by atoms with E-state index in [2.05, 4.69) is 33.5 Å². The van der Waals surface area contributed by atoms with Gasteiger partial charge in [0, 0.05) is 18.9 Å². The number of aromatic nitrogens is 4. The molecule has 3 aromatic heterocycles. The highest BCUT2D eigenvalue weighted by Crippen LogP contribution is 2.24. The molecule has 0 spiro atoms. The minimum absolute atomic E-state index is 0.829. The lowest BCUT2D eigenvalue weighted by atomic mass is 10.3. The highest BCUT2D eigenvalue weighted by atomic mass is 32.2. The average molecular weight is 299 g/mol. The number of nitrogens with zero attached hydrogens (tertiary/aromatic N) is 4. The molecular formula is C15H17N5S. The van der Waals surface area contributed by atoms with Crippen LogP contribution in [0.5, 0.6) is 0 Å². The SMILES string of the molecule is CCCNCc1ccc(Sc2nnc3ccccn23)nc1. The molecule has 0 aromatic carbocycles. The van der Waals surface area contributed by atoms with Gasteiger partial charge in [0.15, 0.2) is 5.65 Å². The van der Waals surface area contributed by atoms with Crippen molar-refractivity contribution in [3.05, 3.63) is 48.3 Å². The molecule has 0 unspecified atom stereocenters. The zero-order valence-electron chi connectivity index (χ0n) is 11.9. The molecular weight excluding hydrogens is 282 g/mol. The summed E-state index contributed by atoms with van der Waals surface area (Å²) in [7, 11) is 0. The quantitative estimate of drug-likeness (QED) is 0.709. The van der Waals surface area contributed by atoms with Gasteiger partial charge in [-0.1, -0.05) is 19.1 Å². The second kappa shape index (κ2) is 6.69. The minimum Gasteiger partial charge on any atom is -0.313 e. The van der Waals surface area contributed by atoms with E-state index in [1.54, 1.807) is 0 Å². The van der Waals surface area contributed by atoms with Gasteiger partial charge in [-0.15, -0.1) is 10.2 Å². The van der Waals surface area contributed by atoms with Gasteiger partial charge in [0.05, 0.1) is 0 Å². The Morgan fingerprint density at radius 1 is 1.19 bits per heavy atom. The van der Waals surface area contributed by atoms with E-state index >= 15 is 0 Å². The van der Waals surface area contributed by atoms with Crippen LogP contribution in [0.3, 0.4) is 0 Å². The van der Waals surface area contributed by atoms with Crippen molar-refractivity contribution in [2.75, 3.05) is 6.54 Å². The van der Waals surface area contributed by atoms with Crippen LogP contribution in [0.2, 0.25) is 0 Å². The first kappa shape index (κ1) is 14.0. The molecule has 0 amide bonds. The number of fused-ring (bicyclic) bond motifs is 1. The molecule has 3 aromatic rings. The van der Waals surface area contributed by atoms with Crippen molar-refractivity contribution < 1.29 is 0 Å². The highest BCUT2D eigenvalue weighted by molar-refractivity contribution is 7.99. The molecule has 0 fully saturated rings. The molecule has 0 aliphatic heterocycles. The van der Waals surface area contributed by atoms with E-state index in [4.69, 9.17) is 0 Å². The first-order chi connectivity index (χ1) is 10.4. The Morgan fingerprint density at radius 3 is 2.95 bits per heavy atom. The summed E-state index contributed by atoms with van der Waals surface area (Å²) in [6.45, 7) is 4.05. The third-order valence-corrected chi connectivity index (χ3v) is 3.94. The Hall–Kier alpha value is -1.92. The van der Waals surface area contributed by atoms with Crippen LogP contribution in [0, 0.1) is 0 Å². The lowest BCUT2D eigenvalue weighted by Crippen LogP contribution is -2.13. The van der Waals surface area contributed by atoms with Crippen molar-refractivity contribution in [2.24, 2.45) is 0 Å². The second-order valence-electron chi connectivity index (χ2n) is 4.69. The van der Waals surface area contributed by atoms with E-state index in [9.17, 15) is 0 Å². The Bertz CT molecular complexity index is 707. The minimum atomic E-state index is 0.829. The van der Waals surface area contributed by atoms with Crippen molar-refractivity contribution in [1.29, 1.82) is 0 Å². The van der Waals surface area contributed by atoms with E-state index < -0.39 is 0 Å². The summed E-state index contributed by atoms with van der Waals surface area (Å²) in [4.78, 5) is 4.48. The van der Waals surface area contributed by atoms with E-state index in [-0.39, 0.29) is 0 Å². The van der Waals surface area contributed by atoms with Crippen LogP contribution < -0.4 is 5.32 Å². The van der Waals surface area contributed by atoms with E-state index in [1.807, 2.05) is 41.1 Å². The van der Waals surface area contributed by atoms with Crippen LogP contribution in [0.1, 0.15) is 18.9 Å². The number of hydrogen-bond acceptors (Lipinski definition) is 5. The number of hydrogen-bond donors (Lipinski definition) is 1. The molecule has 0 saturated carbocycles. The molecule has 3 rings (SSSR count). The van der Waals surface area contributed by atoms with Crippen molar-refractivity contribution in [1.82, 2.24) is 24.9 Å². The Labute approximate surface area is 127 Å². The summed E-state index contributed by atoms with van der Waals surface area (Å²) >= 11 is 1.52. The van der Waals surface area contributed by atoms with E-state index in [0.717, 1.165) is 35.3 Å². The highest BCUT2D eigenvalue weighted by Gasteiger charge is 2.07. The fourth-order valence-corrected chi connectivity index (χ4v) is 2.73. The van der Waals surface area contributed by atoms with Gasteiger partial charge in [-0.2, -0.15) is 0 Å². The van der Waals surface area contributed by atoms with Crippen molar-refractivity contribution in [3.63, 3.8) is 0 Å². The van der Waals surface area contributed by atoms with Gasteiger partial charge in [-0.25, -0.2) is 4.98 Å². The van der Waals surface area contributed by atoms with Crippen molar-refractivity contribution >= 4 is 17.4 Å². The molecule has 0 aliphatic carbocycles. The Kier molecular flexibility index (Phi) is 4.47. The smallest absolute Gasteiger partial charge is 0.201 e. The second-order valence-corrected chi connectivity index (χ2v) is 5.68. The van der Waals surface area contributed by atoms with Gasteiger partial charge in [0.2, 0.25) is 5.16 Å². The van der Waals surface area contributed by atoms with Crippen LogP contribution in [-0.2, 0) is 6.54 Å². The fraction of sp³-hybridized carbons (Fsp3) is 0.267. The normalized spacial score (nSPS) is 11.1. The zero-order valence-corrected chi connectivity index (χ0v) is 12.7. The lowest BCUT2D eigenvalue weighted by molar-refractivity contribution is 0.673. The average Bonchev–Trinajstić information content (AvgIpc) is 2.93. The molecule has 0 aliphatic rings. The number of nitrogens with one attached hydrogen (secondary N) is 1. The first-order valence-corrected chi connectivity index (χ1v) is 7.81. The fourth-order valence-electron chi connectivity index (χ4n) is 1.97. The summed E-state index contributed by atoms with van der Waals surface area (Å²) in [5.74, 6) is 0. The van der Waals surface area contributed by atoms with Crippen molar-refractivity contribution in [2.45, 2.75) is 30.1 Å². The van der Waals surface area contributed by atoms with Gasteiger partial charge in [0.1, 0.15) is 5.03 Å². The summed E-state index contributed by atoms with van der Waals surface area (Å²) in [5, 5.41) is 13.5. The van der Waals surface area contributed by atoms with Gasteiger partial charge in [-0.05, 0) is 48.5 Å². The maximum absolute atomic E-state index is 4.48. The van der Waals surface area contributed by atoms with Crippen LogP contribution in [0.15, 0.2) is 52.9 Å². The largest absolute Gasteiger partial charge is 0.313 e. The molecule has 0 bridgehead atoms. The third-order valence-electron chi connectivity index (χ3n) is 3.03. The third kappa shape index (κ3) is 3.40. The lowest BCUT2D eigenvalue weighted by Gasteiger charge is -2.04. The summed E-state index contributed by atoms with van der Waals surface area (Å²) in [5.41, 5.74) is 2.04.